The van der Waals surface area contributed by atoms with Crippen molar-refractivity contribution in [2.45, 2.75) is 44.4 Å². The Morgan fingerprint density at radius 3 is 2.67 bits per heavy atom. The Labute approximate surface area is 160 Å². The lowest BCUT2D eigenvalue weighted by atomic mass is 9.93. The average Bonchev–Trinajstić information content (AvgIpc) is 3.34. The Morgan fingerprint density at radius 2 is 2.00 bits per heavy atom. The van der Waals surface area contributed by atoms with Crippen LogP contribution in [0.5, 0.6) is 5.75 Å². The lowest BCUT2D eigenvalue weighted by Crippen LogP contribution is -2.28. The van der Waals surface area contributed by atoms with E-state index in [1.165, 1.54) is 0 Å². The van der Waals surface area contributed by atoms with Crippen molar-refractivity contribution in [3.63, 3.8) is 0 Å². The van der Waals surface area contributed by atoms with Gasteiger partial charge in [-0.3, -0.25) is 4.79 Å². The standard InChI is InChI=1S/C22H25N3O2.H2/c1-21(2,3)18-13-17-16(23-18)8-9-19(24-17)25-20(26)22(10-11-22)14-6-5-7-15(12-14)27-4;/h5-9,12-13,23H,10-11H2,1-4H3,(H,24,25,26);1H. The number of H-pyrrole nitrogens is 1. The van der Waals surface area contributed by atoms with Gasteiger partial charge < -0.3 is 15.0 Å². The Morgan fingerprint density at radius 1 is 1.22 bits per heavy atom. The maximum Gasteiger partial charge on any atom is 0.236 e. The van der Waals surface area contributed by atoms with Crippen LogP contribution < -0.4 is 10.1 Å². The van der Waals surface area contributed by atoms with Crippen molar-refractivity contribution in [1.82, 2.24) is 9.97 Å². The Balaban J connectivity index is 0.00000225. The number of methoxy groups -OCH3 is 1. The zero-order chi connectivity index (χ0) is 19.2. The molecule has 1 aromatic carbocycles. The summed E-state index contributed by atoms with van der Waals surface area (Å²) in [4.78, 5) is 21.0. The SMILES string of the molecule is COc1cccc(C2(C(=O)Nc3ccc4[nH]c(C(C)(C)C)cc4n3)CC2)c1.[HH]. The number of aromatic amines is 1. The molecule has 1 fully saturated rings. The molecule has 0 bridgehead atoms. The first-order chi connectivity index (χ1) is 12.8. The number of carbonyl (C=O) groups is 1. The summed E-state index contributed by atoms with van der Waals surface area (Å²) >= 11 is 0. The zero-order valence-corrected chi connectivity index (χ0v) is 16.2. The number of nitrogens with one attached hydrogen (secondary N) is 2. The van der Waals surface area contributed by atoms with E-state index in [4.69, 9.17) is 4.74 Å². The van der Waals surface area contributed by atoms with Crippen molar-refractivity contribution in [2.75, 3.05) is 12.4 Å². The van der Waals surface area contributed by atoms with Crippen LogP contribution >= 0.6 is 0 Å². The number of aromatic nitrogens is 2. The van der Waals surface area contributed by atoms with Gasteiger partial charge in [-0.2, -0.15) is 0 Å². The fraction of sp³-hybridized carbons (Fsp3) is 0.364. The zero-order valence-electron chi connectivity index (χ0n) is 16.2. The van der Waals surface area contributed by atoms with E-state index in [0.29, 0.717) is 5.82 Å². The molecule has 142 valence electrons. The molecule has 0 aliphatic heterocycles. The third kappa shape index (κ3) is 3.18. The number of nitrogens with zero attached hydrogens (tertiary/aromatic N) is 1. The highest BCUT2D eigenvalue weighted by atomic mass is 16.5. The number of pyridine rings is 1. The molecule has 0 atom stereocenters. The Kier molecular flexibility index (Phi) is 3.98. The fourth-order valence-corrected chi connectivity index (χ4v) is 3.41. The van der Waals surface area contributed by atoms with E-state index in [0.717, 1.165) is 40.9 Å². The summed E-state index contributed by atoms with van der Waals surface area (Å²) in [5, 5.41) is 3.02. The molecule has 0 spiro atoms. The lowest BCUT2D eigenvalue weighted by Gasteiger charge is -2.16. The molecule has 4 rings (SSSR count). The summed E-state index contributed by atoms with van der Waals surface area (Å²) in [7, 11) is 1.64. The summed E-state index contributed by atoms with van der Waals surface area (Å²) in [5.74, 6) is 1.35. The molecule has 5 nitrogen and oxygen atoms in total. The highest BCUT2D eigenvalue weighted by Crippen LogP contribution is 2.49. The molecule has 2 aromatic heterocycles. The van der Waals surface area contributed by atoms with Gasteiger partial charge in [-0.05, 0) is 48.7 Å². The van der Waals surface area contributed by atoms with E-state index in [1.807, 2.05) is 36.4 Å². The molecular formula is C22H27N3O2. The van der Waals surface area contributed by atoms with E-state index < -0.39 is 5.41 Å². The van der Waals surface area contributed by atoms with Crippen molar-refractivity contribution in [1.29, 1.82) is 0 Å². The van der Waals surface area contributed by atoms with Crippen LogP contribution in [0, 0.1) is 0 Å². The summed E-state index contributed by atoms with van der Waals surface area (Å²) in [5.41, 5.74) is 3.52. The fourth-order valence-electron chi connectivity index (χ4n) is 3.41. The number of amides is 1. The normalized spacial score (nSPS) is 15.6. The van der Waals surface area contributed by atoms with Crippen molar-refractivity contribution >= 4 is 22.8 Å². The first kappa shape index (κ1) is 17.6. The largest absolute Gasteiger partial charge is 0.497 e. The number of ether oxygens (including phenoxy) is 1. The molecule has 1 amide bonds. The van der Waals surface area contributed by atoms with Crippen LogP contribution in [0.2, 0.25) is 0 Å². The van der Waals surface area contributed by atoms with Gasteiger partial charge in [0.1, 0.15) is 11.6 Å². The maximum absolute atomic E-state index is 13.0. The first-order valence-corrected chi connectivity index (χ1v) is 9.28. The number of benzene rings is 1. The highest BCUT2D eigenvalue weighted by molar-refractivity contribution is 6.01. The molecule has 1 saturated carbocycles. The van der Waals surface area contributed by atoms with Gasteiger partial charge >= 0.3 is 0 Å². The van der Waals surface area contributed by atoms with Crippen molar-refractivity contribution in [3.8, 4) is 5.75 Å². The third-order valence-electron chi connectivity index (χ3n) is 5.33. The molecule has 27 heavy (non-hydrogen) atoms. The summed E-state index contributed by atoms with van der Waals surface area (Å²) in [6, 6.07) is 13.6. The number of anilines is 1. The van der Waals surface area contributed by atoms with E-state index in [1.54, 1.807) is 7.11 Å². The molecule has 1 aliphatic rings. The van der Waals surface area contributed by atoms with E-state index >= 15 is 0 Å². The van der Waals surface area contributed by atoms with Crippen LogP contribution in [-0.4, -0.2) is 23.0 Å². The summed E-state index contributed by atoms with van der Waals surface area (Å²) in [6.45, 7) is 6.47. The number of rotatable bonds is 4. The molecule has 2 N–H and O–H groups in total. The molecule has 0 saturated heterocycles. The minimum atomic E-state index is -0.472. The van der Waals surface area contributed by atoms with E-state index in [9.17, 15) is 4.79 Å². The second kappa shape index (κ2) is 6.12. The molecule has 0 unspecified atom stereocenters. The van der Waals surface area contributed by atoms with Crippen molar-refractivity contribution in [2.24, 2.45) is 0 Å². The first-order valence-electron chi connectivity index (χ1n) is 9.28. The van der Waals surface area contributed by atoms with Gasteiger partial charge in [0.25, 0.3) is 0 Å². The monoisotopic (exact) mass is 365 g/mol. The van der Waals surface area contributed by atoms with Crippen molar-refractivity contribution in [3.05, 3.63) is 53.7 Å². The minimum Gasteiger partial charge on any atom is -0.497 e. The number of hydrogen-bond acceptors (Lipinski definition) is 3. The molecule has 1 aliphatic carbocycles. The van der Waals surface area contributed by atoms with Gasteiger partial charge in [-0.15, -0.1) is 0 Å². The van der Waals surface area contributed by atoms with E-state index in [-0.39, 0.29) is 12.7 Å². The van der Waals surface area contributed by atoms with Gasteiger partial charge in [0, 0.05) is 12.5 Å². The lowest BCUT2D eigenvalue weighted by molar-refractivity contribution is -0.118. The van der Waals surface area contributed by atoms with Gasteiger partial charge in [0.05, 0.1) is 23.6 Å². The molecule has 3 aromatic rings. The number of carbonyl (C=O) groups excluding carboxylic acids is 1. The second-order valence-electron chi connectivity index (χ2n) is 8.33. The van der Waals surface area contributed by atoms with Crippen LogP contribution in [-0.2, 0) is 15.6 Å². The molecule has 5 heteroatoms. The van der Waals surface area contributed by atoms with Crippen LogP contribution in [0.3, 0.4) is 0 Å². The topological polar surface area (TPSA) is 67.0 Å². The predicted octanol–water partition coefficient (Wildman–Crippen LogP) is 4.79. The van der Waals surface area contributed by atoms with Crippen LogP contribution in [0.15, 0.2) is 42.5 Å². The van der Waals surface area contributed by atoms with Crippen LogP contribution in [0.4, 0.5) is 5.82 Å². The minimum absolute atomic E-state index is 0. The second-order valence-corrected chi connectivity index (χ2v) is 8.33. The quantitative estimate of drug-likeness (QED) is 0.699. The number of hydrogen-bond donors (Lipinski definition) is 2. The maximum atomic E-state index is 13.0. The van der Waals surface area contributed by atoms with Crippen LogP contribution in [0.25, 0.3) is 11.0 Å². The Hall–Kier alpha value is -2.82. The van der Waals surface area contributed by atoms with Crippen molar-refractivity contribution < 1.29 is 11.0 Å². The highest BCUT2D eigenvalue weighted by Gasteiger charge is 2.51. The van der Waals surface area contributed by atoms with Gasteiger partial charge in [0.2, 0.25) is 5.91 Å². The van der Waals surface area contributed by atoms with Gasteiger partial charge in [-0.25, -0.2) is 4.98 Å². The summed E-state index contributed by atoms with van der Waals surface area (Å²) in [6.07, 6.45) is 1.68. The van der Waals surface area contributed by atoms with E-state index in [2.05, 4.69) is 42.1 Å². The van der Waals surface area contributed by atoms with Gasteiger partial charge in [0.15, 0.2) is 0 Å². The predicted molar refractivity (Wildman–Crippen MR) is 109 cm³/mol. The molecule has 0 radical (unpaired) electrons. The van der Waals surface area contributed by atoms with Gasteiger partial charge in [-0.1, -0.05) is 32.9 Å². The average molecular weight is 365 g/mol. The van der Waals surface area contributed by atoms with Crippen LogP contribution in [0.1, 0.15) is 46.3 Å². The summed E-state index contributed by atoms with van der Waals surface area (Å²) < 4.78 is 5.31. The third-order valence-corrected chi connectivity index (χ3v) is 5.33. The Bertz CT molecular complexity index is 1020. The number of fused-ring (bicyclic) bond motifs is 1. The molecule has 2 heterocycles. The smallest absolute Gasteiger partial charge is 0.236 e. The molecular weight excluding hydrogens is 338 g/mol.